The highest BCUT2D eigenvalue weighted by Gasteiger charge is 2.34. The summed E-state index contributed by atoms with van der Waals surface area (Å²) in [5, 5.41) is 0. The summed E-state index contributed by atoms with van der Waals surface area (Å²) in [6, 6.07) is 13.5. The third kappa shape index (κ3) is 3.21. The molecular formula is C19H22N2O2. The van der Waals surface area contributed by atoms with Crippen LogP contribution in [0.4, 0.5) is 0 Å². The summed E-state index contributed by atoms with van der Waals surface area (Å²) in [6.45, 7) is 5.43. The fraction of sp³-hybridized carbons (Fsp3) is 0.368. The van der Waals surface area contributed by atoms with Gasteiger partial charge < -0.3 is 9.88 Å². The van der Waals surface area contributed by atoms with Gasteiger partial charge in [0.15, 0.2) is 0 Å². The van der Waals surface area contributed by atoms with Crippen molar-refractivity contribution in [2.24, 2.45) is 0 Å². The number of aromatic nitrogens is 1. The molecule has 2 heterocycles. The summed E-state index contributed by atoms with van der Waals surface area (Å²) in [4.78, 5) is 29.0. The van der Waals surface area contributed by atoms with Gasteiger partial charge in [-0.1, -0.05) is 37.3 Å². The van der Waals surface area contributed by atoms with Gasteiger partial charge in [0.05, 0.1) is 0 Å². The number of likely N-dealkylation sites (tertiary alicyclic amines) is 1. The van der Waals surface area contributed by atoms with Crippen LogP contribution in [0.5, 0.6) is 0 Å². The molecule has 3 rings (SSSR count). The molecule has 0 radical (unpaired) electrons. The minimum Gasteiger partial charge on any atom is -0.338 e. The number of piperidine rings is 1. The summed E-state index contributed by atoms with van der Waals surface area (Å²) < 4.78 is 0. The first-order chi connectivity index (χ1) is 11.0. The highest BCUT2D eigenvalue weighted by Crippen LogP contribution is 2.34. The molecule has 1 aromatic carbocycles. The van der Waals surface area contributed by atoms with E-state index >= 15 is 0 Å². The van der Waals surface area contributed by atoms with E-state index in [4.69, 9.17) is 0 Å². The lowest BCUT2D eigenvalue weighted by Gasteiger charge is -2.41. The van der Waals surface area contributed by atoms with Crippen molar-refractivity contribution in [2.45, 2.75) is 32.1 Å². The SMILES string of the molecule is Cc1cc(C(=O)N2CCCC(C)(c3ccccc3)C2)cc(=O)[nH]1. The van der Waals surface area contributed by atoms with E-state index in [1.54, 1.807) is 13.0 Å². The lowest BCUT2D eigenvalue weighted by molar-refractivity contribution is 0.0650. The summed E-state index contributed by atoms with van der Waals surface area (Å²) in [5.74, 6) is -0.0546. The van der Waals surface area contributed by atoms with Crippen LogP contribution in [0, 0.1) is 6.92 Å². The minimum absolute atomic E-state index is 0.0363. The molecule has 0 saturated carbocycles. The zero-order valence-electron chi connectivity index (χ0n) is 13.6. The fourth-order valence-corrected chi connectivity index (χ4v) is 3.48. The molecule has 1 atom stereocenters. The molecule has 23 heavy (non-hydrogen) atoms. The molecule has 1 fully saturated rings. The van der Waals surface area contributed by atoms with Crippen LogP contribution < -0.4 is 5.56 Å². The number of benzene rings is 1. The van der Waals surface area contributed by atoms with Gasteiger partial charge in [0.2, 0.25) is 5.56 Å². The van der Waals surface area contributed by atoms with Crippen LogP contribution in [0.25, 0.3) is 0 Å². The van der Waals surface area contributed by atoms with Gasteiger partial charge in [-0.15, -0.1) is 0 Å². The Labute approximate surface area is 136 Å². The van der Waals surface area contributed by atoms with Crippen LogP contribution in [0.3, 0.4) is 0 Å². The van der Waals surface area contributed by atoms with Crippen LogP contribution in [0.1, 0.15) is 41.4 Å². The Morgan fingerprint density at radius 1 is 1.22 bits per heavy atom. The molecule has 1 saturated heterocycles. The molecular weight excluding hydrogens is 288 g/mol. The molecule has 1 aliphatic heterocycles. The quantitative estimate of drug-likeness (QED) is 0.927. The molecule has 2 aromatic rings. The maximum absolute atomic E-state index is 12.8. The second kappa shape index (κ2) is 6.03. The second-order valence-electron chi connectivity index (χ2n) is 6.67. The summed E-state index contributed by atoms with van der Waals surface area (Å²) in [6.07, 6.45) is 2.04. The van der Waals surface area contributed by atoms with Gasteiger partial charge in [-0.2, -0.15) is 0 Å². The number of carbonyl (C=O) groups excluding carboxylic acids is 1. The van der Waals surface area contributed by atoms with E-state index in [0.29, 0.717) is 17.8 Å². The largest absolute Gasteiger partial charge is 0.338 e. The highest BCUT2D eigenvalue weighted by atomic mass is 16.2. The number of nitrogens with zero attached hydrogens (tertiary/aromatic N) is 1. The van der Waals surface area contributed by atoms with Crippen molar-refractivity contribution >= 4 is 5.91 Å². The standard InChI is InChI=1S/C19H22N2O2/c1-14-11-15(12-17(22)20-14)18(23)21-10-6-9-19(2,13-21)16-7-4-3-5-8-16/h3-5,7-8,11-12H,6,9-10,13H2,1-2H3,(H,20,22). The van der Waals surface area contributed by atoms with E-state index in [2.05, 4.69) is 24.0 Å². The molecule has 0 spiro atoms. The van der Waals surface area contributed by atoms with E-state index in [0.717, 1.165) is 19.4 Å². The zero-order valence-corrected chi connectivity index (χ0v) is 13.6. The van der Waals surface area contributed by atoms with Gasteiger partial charge in [0.1, 0.15) is 0 Å². The maximum Gasteiger partial charge on any atom is 0.254 e. The van der Waals surface area contributed by atoms with Crippen molar-refractivity contribution in [3.05, 3.63) is 69.6 Å². The van der Waals surface area contributed by atoms with Crippen molar-refractivity contribution in [1.29, 1.82) is 0 Å². The number of carbonyl (C=O) groups is 1. The number of hydrogen-bond acceptors (Lipinski definition) is 2. The Kier molecular flexibility index (Phi) is 4.07. The van der Waals surface area contributed by atoms with Crippen LogP contribution in [-0.4, -0.2) is 28.9 Å². The van der Waals surface area contributed by atoms with Gasteiger partial charge in [-0.05, 0) is 31.4 Å². The van der Waals surface area contributed by atoms with Crippen molar-refractivity contribution in [1.82, 2.24) is 9.88 Å². The average Bonchev–Trinajstić information content (AvgIpc) is 2.54. The first-order valence-corrected chi connectivity index (χ1v) is 8.04. The maximum atomic E-state index is 12.8. The van der Waals surface area contributed by atoms with Crippen LogP contribution >= 0.6 is 0 Å². The van der Waals surface area contributed by atoms with Crippen molar-refractivity contribution in [3.63, 3.8) is 0 Å². The Morgan fingerprint density at radius 2 is 1.96 bits per heavy atom. The van der Waals surface area contributed by atoms with Crippen LogP contribution in [0.15, 0.2) is 47.3 Å². The fourth-order valence-electron chi connectivity index (χ4n) is 3.48. The number of H-pyrrole nitrogens is 1. The third-order valence-corrected chi connectivity index (χ3v) is 4.68. The van der Waals surface area contributed by atoms with Crippen LogP contribution in [-0.2, 0) is 5.41 Å². The second-order valence-corrected chi connectivity index (χ2v) is 6.67. The monoisotopic (exact) mass is 310 g/mol. The third-order valence-electron chi connectivity index (χ3n) is 4.68. The number of rotatable bonds is 2. The first-order valence-electron chi connectivity index (χ1n) is 8.04. The molecule has 1 unspecified atom stereocenters. The lowest BCUT2D eigenvalue weighted by Crippen LogP contribution is -2.47. The number of pyridine rings is 1. The molecule has 4 heteroatoms. The number of hydrogen-bond donors (Lipinski definition) is 1. The molecule has 0 bridgehead atoms. The predicted octanol–water partition coefficient (Wildman–Crippen LogP) is 2.88. The van der Waals surface area contributed by atoms with E-state index in [1.165, 1.54) is 11.6 Å². The molecule has 4 nitrogen and oxygen atoms in total. The Morgan fingerprint density at radius 3 is 2.65 bits per heavy atom. The Balaban J connectivity index is 1.86. The predicted molar refractivity (Wildman–Crippen MR) is 90.7 cm³/mol. The van der Waals surface area contributed by atoms with E-state index in [1.807, 2.05) is 23.1 Å². The number of nitrogens with one attached hydrogen (secondary N) is 1. The molecule has 1 N–H and O–H groups in total. The molecule has 1 aliphatic rings. The van der Waals surface area contributed by atoms with Crippen molar-refractivity contribution in [3.8, 4) is 0 Å². The lowest BCUT2D eigenvalue weighted by atomic mass is 9.76. The average molecular weight is 310 g/mol. The van der Waals surface area contributed by atoms with Crippen molar-refractivity contribution < 1.29 is 4.79 Å². The van der Waals surface area contributed by atoms with E-state index < -0.39 is 0 Å². The number of aryl methyl sites for hydroxylation is 1. The Hall–Kier alpha value is -2.36. The normalized spacial score (nSPS) is 21.2. The molecule has 1 aromatic heterocycles. The molecule has 0 aliphatic carbocycles. The topological polar surface area (TPSA) is 53.2 Å². The number of aromatic amines is 1. The molecule has 1 amide bonds. The summed E-state index contributed by atoms with van der Waals surface area (Å²) in [5.41, 5.74) is 2.19. The smallest absolute Gasteiger partial charge is 0.254 e. The van der Waals surface area contributed by atoms with E-state index in [9.17, 15) is 9.59 Å². The van der Waals surface area contributed by atoms with Gasteiger partial charge >= 0.3 is 0 Å². The highest BCUT2D eigenvalue weighted by molar-refractivity contribution is 5.94. The van der Waals surface area contributed by atoms with Gasteiger partial charge in [0.25, 0.3) is 5.91 Å². The summed E-state index contributed by atoms with van der Waals surface area (Å²) >= 11 is 0. The summed E-state index contributed by atoms with van der Waals surface area (Å²) in [7, 11) is 0. The minimum atomic E-state index is -0.226. The van der Waals surface area contributed by atoms with Gasteiger partial charge in [-0.25, -0.2) is 0 Å². The number of amides is 1. The first kappa shape index (κ1) is 15.5. The van der Waals surface area contributed by atoms with Gasteiger partial charge in [0, 0.05) is 35.8 Å². The zero-order chi connectivity index (χ0) is 16.4. The van der Waals surface area contributed by atoms with E-state index in [-0.39, 0.29) is 16.9 Å². The van der Waals surface area contributed by atoms with Gasteiger partial charge in [-0.3, -0.25) is 9.59 Å². The molecule has 120 valence electrons. The van der Waals surface area contributed by atoms with Crippen molar-refractivity contribution in [2.75, 3.05) is 13.1 Å². The Bertz CT molecular complexity index is 766. The van der Waals surface area contributed by atoms with Crippen LogP contribution in [0.2, 0.25) is 0 Å².